The second kappa shape index (κ2) is 8.45. The minimum Gasteiger partial charge on any atom is -0.345 e. The van der Waals surface area contributed by atoms with Crippen LogP contribution in [0.5, 0.6) is 0 Å². The van der Waals surface area contributed by atoms with Gasteiger partial charge in [-0.3, -0.25) is 9.59 Å². The summed E-state index contributed by atoms with van der Waals surface area (Å²) in [6.45, 7) is 0.585. The van der Waals surface area contributed by atoms with Crippen molar-refractivity contribution in [3.8, 4) is 0 Å². The van der Waals surface area contributed by atoms with Gasteiger partial charge >= 0.3 is 0 Å². The highest BCUT2D eigenvalue weighted by Gasteiger charge is 2.35. The number of carbonyl (C=O) groups is 2. The molecule has 150 valence electrons. The number of nitrogens with one attached hydrogen (secondary N) is 1. The van der Waals surface area contributed by atoms with Crippen LogP contribution in [0.3, 0.4) is 0 Å². The Morgan fingerprint density at radius 1 is 1.25 bits per heavy atom. The van der Waals surface area contributed by atoms with Crippen molar-refractivity contribution in [2.24, 2.45) is 5.41 Å². The summed E-state index contributed by atoms with van der Waals surface area (Å²) in [5.41, 5.74) is 0.133. The van der Waals surface area contributed by atoms with E-state index in [1.54, 1.807) is 25.1 Å². The van der Waals surface area contributed by atoms with Crippen molar-refractivity contribution in [1.82, 2.24) is 25.1 Å². The van der Waals surface area contributed by atoms with Crippen molar-refractivity contribution < 1.29 is 14.0 Å². The lowest BCUT2D eigenvalue weighted by molar-refractivity contribution is -0.119. The fraction of sp³-hybridized carbons (Fsp3) is 0.526. The second-order valence-corrected chi connectivity index (χ2v) is 7.69. The van der Waals surface area contributed by atoms with Gasteiger partial charge in [-0.1, -0.05) is 19.3 Å². The van der Waals surface area contributed by atoms with E-state index >= 15 is 0 Å². The molecule has 1 aliphatic carbocycles. The zero-order valence-electron chi connectivity index (χ0n) is 16.2. The van der Waals surface area contributed by atoms with Gasteiger partial charge in [-0.15, -0.1) is 5.10 Å². The van der Waals surface area contributed by atoms with Crippen molar-refractivity contribution in [3.05, 3.63) is 35.9 Å². The first kappa shape index (κ1) is 19.9. The first-order valence-corrected chi connectivity index (χ1v) is 9.40. The van der Waals surface area contributed by atoms with Crippen LogP contribution in [0.4, 0.5) is 10.1 Å². The summed E-state index contributed by atoms with van der Waals surface area (Å²) in [4.78, 5) is 26.2. The fourth-order valence-corrected chi connectivity index (χ4v) is 3.84. The van der Waals surface area contributed by atoms with E-state index in [9.17, 15) is 14.0 Å². The molecule has 28 heavy (non-hydrogen) atoms. The molecule has 1 aliphatic rings. The van der Waals surface area contributed by atoms with E-state index in [1.807, 2.05) is 0 Å². The quantitative estimate of drug-likeness (QED) is 0.821. The van der Waals surface area contributed by atoms with Crippen LogP contribution in [0.15, 0.2) is 24.5 Å². The van der Waals surface area contributed by atoms with Crippen LogP contribution in [0.1, 0.15) is 48.9 Å². The SMILES string of the molecule is CN(C)C(=O)c1cc(NC(=O)CC2(Cn3cnnn3)CCCCC2)ccc1F. The Labute approximate surface area is 163 Å². The number of benzene rings is 1. The lowest BCUT2D eigenvalue weighted by Gasteiger charge is -2.36. The van der Waals surface area contributed by atoms with E-state index in [0.717, 1.165) is 32.1 Å². The molecule has 8 nitrogen and oxygen atoms in total. The molecule has 0 spiro atoms. The van der Waals surface area contributed by atoms with Crippen LogP contribution >= 0.6 is 0 Å². The zero-order valence-corrected chi connectivity index (χ0v) is 16.2. The summed E-state index contributed by atoms with van der Waals surface area (Å²) in [5, 5.41) is 14.1. The van der Waals surface area contributed by atoms with Crippen molar-refractivity contribution in [3.63, 3.8) is 0 Å². The van der Waals surface area contributed by atoms with Gasteiger partial charge in [0.2, 0.25) is 5.91 Å². The summed E-state index contributed by atoms with van der Waals surface area (Å²) in [5.74, 6) is -1.22. The highest BCUT2D eigenvalue weighted by molar-refractivity contribution is 5.97. The van der Waals surface area contributed by atoms with Crippen LogP contribution in [-0.2, 0) is 11.3 Å². The third kappa shape index (κ3) is 4.71. The maximum absolute atomic E-state index is 14.0. The molecule has 0 aliphatic heterocycles. The first-order chi connectivity index (χ1) is 13.4. The summed E-state index contributed by atoms with van der Waals surface area (Å²) in [7, 11) is 3.11. The number of anilines is 1. The molecule has 1 fully saturated rings. The van der Waals surface area contributed by atoms with Crippen LogP contribution < -0.4 is 5.32 Å². The summed E-state index contributed by atoms with van der Waals surface area (Å²) in [6, 6.07) is 4.04. The van der Waals surface area contributed by atoms with Gasteiger partial charge in [0.1, 0.15) is 12.1 Å². The average molecular weight is 388 g/mol. The van der Waals surface area contributed by atoms with Crippen LogP contribution in [-0.4, -0.2) is 51.0 Å². The molecule has 1 saturated carbocycles. The topological polar surface area (TPSA) is 93.0 Å². The Hall–Kier alpha value is -2.84. The maximum Gasteiger partial charge on any atom is 0.256 e. The fourth-order valence-electron chi connectivity index (χ4n) is 3.84. The predicted octanol–water partition coefficient (Wildman–Crippen LogP) is 2.49. The average Bonchev–Trinajstić information content (AvgIpc) is 3.15. The third-order valence-corrected chi connectivity index (χ3v) is 5.23. The highest BCUT2D eigenvalue weighted by Crippen LogP contribution is 2.41. The number of hydrogen-bond acceptors (Lipinski definition) is 5. The number of tetrazole rings is 1. The molecule has 0 saturated heterocycles. The molecule has 1 N–H and O–H groups in total. The highest BCUT2D eigenvalue weighted by atomic mass is 19.1. The lowest BCUT2D eigenvalue weighted by Crippen LogP contribution is -2.34. The number of hydrogen-bond donors (Lipinski definition) is 1. The minimum absolute atomic E-state index is 0.0659. The molecular weight excluding hydrogens is 363 g/mol. The molecule has 0 unspecified atom stereocenters. The standard InChI is InChI=1S/C19H25FN6O2/c1-25(2)18(28)15-10-14(6-7-16(15)20)22-17(27)11-19(8-4-3-5-9-19)12-26-13-21-23-24-26/h6-7,10,13H,3-5,8-9,11-12H2,1-2H3,(H,22,27). The summed E-state index contributed by atoms with van der Waals surface area (Å²) >= 11 is 0. The van der Waals surface area contributed by atoms with Gasteiger partial charge in [0.05, 0.1) is 12.1 Å². The van der Waals surface area contributed by atoms with Gasteiger partial charge in [-0.05, 0) is 46.9 Å². The van der Waals surface area contributed by atoms with Gasteiger partial charge < -0.3 is 10.2 Å². The molecule has 0 radical (unpaired) electrons. The molecule has 2 amide bonds. The summed E-state index contributed by atoms with van der Waals surface area (Å²) in [6.07, 6.45) is 7.02. The van der Waals surface area contributed by atoms with E-state index in [4.69, 9.17) is 0 Å². The first-order valence-electron chi connectivity index (χ1n) is 9.40. The number of rotatable bonds is 6. The molecule has 1 heterocycles. The molecule has 1 aromatic heterocycles. The lowest BCUT2D eigenvalue weighted by atomic mass is 9.71. The van der Waals surface area contributed by atoms with Crippen LogP contribution in [0.2, 0.25) is 0 Å². The summed E-state index contributed by atoms with van der Waals surface area (Å²) < 4.78 is 15.7. The van der Waals surface area contributed by atoms with E-state index in [-0.39, 0.29) is 16.9 Å². The van der Waals surface area contributed by atoms with Gasteiger partial charge in [0.15, 0.2) is 0 Å². The van der Waals surface area contributed by atoms with Crippen molar-refractivity contribution >= 4 is 17.5 Å². The molecule has 2 aromatic rings. The number of halogens is 1. The Balaban J connectivity index is 1.72. The smallest absolute Gasteiger partial charge is 0.256 e. The van der Waals surface area contributed by atoms with E-state index in [0.29, 0.717) is 18.7 Å². The Bertz CT molecular complexity index is 831. The second-order valence-electron chi connectivity index (χ2n) is 7.69. The van der Waals surface area contributed by atoms with Gasteiger partial charge in [0.25, 0.3) is 5.91 Å². The number of carbonyl (C=O) groups excluding carboxylic acids is 2. The Kier molecular flexibility index (Phi) is 6.01. The van der Waals surface area contributed by atoms with Gasteiger partial charge in [-0.2, -0.15) is 0 Å². The third-order valence-electron chi connectivity index (χ3n) is 5.23. The number of aromatic nitrogens is 4. The molecule has 0 bridgehead atoms. The monoisotopic (exact) mass is 388 g/mol. The Morgan fingerprint density at radius 2 is 2.00 bits per heavy atom. The zero-order chi connectivity index (χ0) is 20.1. The predicted molar refractivity (Wildman–Crippen MR) is 101 cm³/mol. The van der Waals surface area contributed by atoms with Crippen molar-refractivity contribution in [2.75, 3.05) is 19.4 Å². The maximum atomic E-state index is 14.0. The van der Waals surface area contributed by atoms with Gasteiger partial charge in [0, 0.05) is 26.2 Å². The minimum atomic E-state index is -0.612. The van der Waals surface area contributed by atoms with Crippen molar-refractivity contribution in [2.45, 2.75) is 45.1 Å². The van der Waals surface area contributed by atoms with Crippen molar-refractivity contribution in [1.29, 1.82) is 0 Å². The molecule has 0 atom stereocenters. The van der Waals surface area contributed by atoms with Crippen LogP contribution in [0.25, 0.3) is 0 Å². The molecular formula is C19H25FN6O2. The van der Waals surface area contributed by atoms with E-state index in [2.05, 4.69) is 20.8 Å². The van der Waals surface area contributed by atoms with E-state index in [1.165, 1.54) is 23.1 Å². The van der Waals surface area contributed by atoms with Gasteiger partial charge in [-0.25, -0.2) is 9.07 Å². The largest absolute Gasteiger partial charge is 0.345 e. The molecule has 9 heteroatoms. The van der Waals surface area contributed by atoms with Crippen LogP contribution in [0, 0.1) is 11.2 Å². The molecule has 3 rings (SSSR count). The van der Waals surface area contributed by atoms with E-state index < -0.39 is 11.7 Å². The molecule has 1 aromatic carbocycles. The number of amides is 2. The Morgan fingerprint density at radius 3 is 2.64 bits per heavy atom. The normalized spacial score (nSPS) is 15.8. The number of nitrogens with zero attached hydrogens (tertiary/aromatic N) is 5.